The van der Waals surface area contributed by atoms with Crippen LogP contribution in [0, 0.1) is 6.92 Å². The highest BCUT2D eigenvalue weighted by Gasteiger charge is 2.13. The van der Waals surface area contributed by atoms with Crippen molar-refractivity contribution in [2.45, 2.75) is 18.4 Å². The van der Waals surface area contributed by atoms with Gasteiger partial charge >= 0.3 is 5.63 Å². The molecule has 0 saturated heterocycles. The fourth-order valence-corrected chi connectivity index (χ4v) is 3.87. The Kier molecular flexibility index (Phi) is 5.36. The number of guanidine groups is 1. The third-order valence-corrected chi connectivity index (χ3v) is 5.79. The van der Waals surface area contributed by atoms with Gasteiger partial charge in [-0.25, -0.2) is 9.48 Å². The number of fused-ring (bicyclic) bond motifs is 1. The summed E-state index contributed by atoms with van der Waals surface area (Å²) in [6.45, 7) is 1.96. The van der Waals surface area contributed by atoms with Crippen molar-refractivity contribution in [1.29, 1.82) is 0 Å². The first kappa shape index (κ1) is 21.1. The molecule has 0 spiro atoms. The molecule has 0 atom stereocenters. The van der Waals surface area contributed by atoms with E-state index in [0.717, 1.165) is 10.9 Å². The molecule has 0 radical (unpaired) electrons. The molecule has 11 nitrogen and oxygen atoms in total. The average Bonchev–Trinajstić information content (AvgIpc) is 3.20. The van der Waals surface area contributed by atoms with Crippen molar-refractivity contribution >= 4 is 27.0 Å². The Bertz CT molecular complexity index is 1490. The summed E-state index contributed by atoms with van der Waals surface area (Å²) < 4.78 is 39.7. The van der Waals surface area contributed by atoms with E-state index in [-0.39, 0.29) is 11.5 Å². The summed E-state index contributed by atoms with van der Waals surface area (Å²) in [4.78, 5) is 11.5. The van der Waals surface area contributed by atoms with Crippen molar-refractivity contribution in [2.75, 3.05) is 0 Å². The Balaban J connectivity index is 1.48. The second-order valence-electron chi connectivity index (χ2n) is 6.83. The monoisotopic (exact) mass is 454 g/mol. The molecule has 4 aromatic rings. The fourth-order valence-electron chi connectivity index (χ4n) is 3.01. The number of nitrogens with zero attached hydrogens (tertiary/aromatic N) is 4. The molecule has 2 aromatic heterocycles. The van der Waals surface area contributed by atoms with Gasteiger partial charge in [0.15, 0.2) is 0 Å². The molecule has 4 N–H and O–H groups in total. The van der Waals surface area contributed by atoms with Gasteiger partial charge in [-0.1, -0.05) is 5.21 Å². The van der Waals surface area contributed by atoms with Gasteiger partial charge < -0.3 is 20.6 Å². The number of aromatic nitrogens is 3. The van der Waals surface area contributed by atoms with Crippen LogP contribution in [-0.4, -0.2) is 29.4 Å². The van der Waals surface area contributed by atoms with Crippen LogP contribution in [-0.2, 0) is 16.6 Å². The summed E-state index contributed by atoms with van der Waals surface area (Å²) in [7, 11) is -3.97. The van der Waals surface area contributed by atoms with Crippen LogP contribution < -0.4 is 21.8 Å². The number of aryl methyl sites for hydroxylation is 1. The summed E-state index contributed by atoms with van der Waals surface area (Å²) >= 11 is 0. The Morgan fingerprint density at radius 2 is 1.91 bits per heavy atom. The molecule has 0 aliphatic rings. The molecule has 0 amide bonds. The quantitative estimate of drug-likeness (QED) is 0.247. The molecular weight excluding hydrogens is 436 g/mol. The van der Waals surface area contributed by atoms with E-state index in [1.54, 1.807) is 30.5 Å². The lowest BCUT2D eigenvalue weighted by molar-refractivity contribution is 0.301. The molecule has 0 unspecified atom stereocenters. The highest BCUT2D eigenvalue weighted by molar-refractivity contribution is 7.90. The van der Waals surface area contributed by atoms with E-state index in [0.29, 0.717) is 22.7 Å². The lowest BCUT2D eigenvalue weighted by Gasteiger charge is -2.06. The third-order valence-electron chi connectivity index (χ3n) is 4.48. The van der Waals surface area contributed by atoms with Crippen LogP contribution in [0.3, 0.4) is 0 Å². The first-order valence-corrected chi connectivity index (χ1v) is 10.7. The maximum atomic E-state index is 12.0. The van der Waals surface area contributed by atoms with Crippen LogP contribution in [0.4, 0.5) is 0 Å². The highest BCUT2D eigenvalue weighted by atomic mass is 32.2. The van der Waals surface area contributed by atoms with Gasteiger partial charge in [0.05, 0.1) is 16.8 Å². The normalized spacial score (nSPS) is 11.4. The zero-order valence-corrected chi connectivity index (χ0v) is 17.6. The Morgan fingerprint density at radius 3 is 2.62 bits per heavy atom. The molecule has 0 saturated carbocycles. The zero-order valence-electron chi connectivity index (χ0n) is 16.8. The number of hydrogen-bond donors (Lipinski definition) is 2. The fraction of sp³-hybridized carbons (Fsp3) is 0.100. The molecule has 0 bridgehead atoms. The third kappa shape index (κ3) is 4.44. The summed E-state index contributed by atoms with van der Waals surface area (Å²) in [6.07, 6.45) is 1.64. The minimum Gasteiger partial charge on any atom is -0.487 e. The standard InChI is InChI=1S/C20H18N6O5S/c1-12-8-19(27)31-18-9-15(4-7-17(12)18)30-11-13-10-26(25-23-13)14-2-5-16(6-3-14)32(28,29)24-20(21)22/h2-10H,11H2,1H3,(H4,21,22,24). The van der Waals surface area contributed by atoms with E-state index in [1.165, 1.54) is 22.9 Å². The van der Waals surface area contributed by atoms with Crippen molar-refractivity contribution < 1.29 is 17.6 Å². The minimum absolute atomic E-state index is 0.0588. The van der Waals surface area contributed by atoms with Crippen molar-refractivity contribution in [1.82, 2.24) is 15.0 Å². The van der Waals surface area contributed by atoms with Gasteiger partial charge in [-0.2, -0.15) is 8.42 Å². The maximum Gasteiger partial charge on any atom is 0.336 e. The summed E-state index contributed by atoms with van der Waals surface area (Å²) in [5.41, 5.74) is 12.2. The lowest BCUT2D eigenvalue weighted by atomic mass is 10.1. The minimum atomic E-state index is -3.97. The molecule has 164 valence electrons. The van der Waals surface area contributed by atoms with Gasteiger partial charge in [-0.3, -0.25) is 0 Å². The van der Waals surface area contributed by atoms with Crippen molar-refractivity contribution in [3.05, 3.63) is 76.4 Å². The number of hydrogen-bond acceptors (Lipinski definition) is 7. The van der Waals surface area contributed by atoms with Gasteiger partial charge in [0, 0.05) is 17.5 Å². The van der Waals surface area contributed by atoms with E-state index in [9.17, 15) is 13.2 Å². The number of ether oxygens (including phenoxy) is 1. The van der Waals surface area contributed by atoms with E-state index in [1.807, 2.05) is 13.0 Å². The van der Waals surface area contributed by atoms with Crippen LogP contribution in [0.15, 0.2) is 73.2 Å². The van der Waals surface area contributed by atoms with Gasteiger partial charge in [0.2, 0.25) is 5.96 Å². The van der Waals surface area contributed by atoms with Crippen molar-refractivity contribution in [3.8, 4) is 11.4 Å². The Hall–Kier alpha value is -4.19. The lowest BCUT2D eigenvalue weighted by Crippen LogP contribution is -2.24. The summed E-state index contributed by atoms with van der Waals surface area (Å²) in [5, 5.41) is 8.90. The van der Waals surface area contributed by atoms with Crippen LogP contribution in [0.1, 0.15) is 11.3 Å². The van der Waals surface area contributed by atoms with E-state index < -0.39 is 21.6 Å². The summed E-state index contributed by atoms with van der Waals surface area (Å²) in [6, 6.07) is 12.5. The Labute approximate surface area is 182 Å². The first-order valence-electron chi connectivity index (χ1n) is 9.26. The molecule has 4 rings (SSSR count). The first-order chi connectivity index (χ1) is 15.2. The molecule has 2 heterocycles. The van der Waals surface area contributed by atoms with Crippen LogP contribution in [0.25, 0.3) is 16.7 Å². The number of nitrogens with two attached hydrogens (primary N) is 2. The van der Waals surface area contributed by atoms with Crippen LogP contribution in [0.5, 0.6) is 5.75 Å². The maximum absolute atomic E-state index is 12.0. The molecule has 2 aromatic carbocycles. The number of sulfonamides is 1. The molecule has 0 aliphatic heterocycles. The van der Waals surface area contributed by atoms with Crippen LogP contribution >= 0.6 is 0 Å². The molecule has 0 aliphatic carbocycles. The summed E-state index contributed by atoms with van der Waals surface area (Å²) in [5.74, 6) is -0.0335. The van der Waals surface area contributed by atoms with Crippen molar-refractivity contribution in [2.24, 2.45) is 15.9 Å². The van der Waals surface area contributed by atoms with E-state index >= 15 is 0 Å². The zero-order chi connectivity index (χ0) is 22.9. The van der Waals surface area contributed by atoms with Crippen molar-refractivity contribution in [3.63, 3.8) is 0 Å². The Morgan fingerprint density at radius 1 is 1.16 bits per heavy atom. The highest BCUT2D eigenvalue weighted by Crippen LogP contribution is 2.23. The smallest absolute Gasteiger partial charge is 0.336 e. The predicted molar refractivity (Wildman–Crippen MR) is 116 cm³/mol. The predicted octanol–water partition coefficient (Wildman–Crippen LogP) is 1.22. The van der Waals surface area contributed by atoms with E-state index in [4.69, 9.17) is 20.6 Å². The SMILES string of the molecule is Cc1cc(=O)oc2cc(OCc3cn(-c4ccc(S(=O)(=O)N=C(N)N)cc4)nn3)ccc12. The molecule has 32 heavy (non-hydrogen) atoms. The molecular formula is C20H18N6O5S. The van der Waals surface area contributed by atoms with Crippen LogP contribution in [0.2, 0.25) is 0 Å². The number of rotatable bonds is 6. The van der Waals surface area contributed by atoms with Gasteiger partial charge in [0.25, 0.3) is 10.0 Å². The topological polar surface area (TPSA) is 169 Å². The van der Waals surface area contributed by atoms with E-state index in [2.05, 4.69) is 14.7 Å². The molecule has 0 fully saturated rings. The number of benzene rings is 2. The largest absolute Gasteiger partial charge is 0.487 e. The second-order valence-corrected chi connectivity index (χ2v) is 8.44. The van der Waals surface area contributed by atoms with Gasteiger partial charge in [-0.15, -0.1) is 9.50 Å². The van der Waals surface area contributed by atoms with Gasteiger partial charge in [-0.05, 0) is 48.9 Å². The molecule has 12 heteroatoms. The second kappa shape index (κ2) is 8.15. The van der Waals surface area contributed by atoms with Gasteiger partial charge in [0.1, 0.15) is 23.6 Å². The average molecular weight is 454 g/mol.